The number of anilines is 1. The summed E-state index contributed by atoms with van der Waals surface area (Å²) < 4.78 is 10.4. The lowest BCUT2D eigenvalue weighted by atomic mass is 10.2. The number of nitrogens with zero attached hydrogens (tertiary/aromatic N) is 2. The van der Waals surface area contributed by atoms with Gasteiger partial charge in [-0.15, -0.1) is 0 Å². The van der Waals surface area contributed by atoms with Crippen molar-refractivity contribution in [3.63, 3.8) is 0 Å². The van der Waals surface area contributed by atoms with E-state index in [1.165, 1.54) is 30.0 Å². The molecule has 6 nitrogen and oxygen atoms in total. The molecule has 2 heterocycles. The molecule has 0 saturated heterocycles. The van der Waals surface area contributed by atoms with Gasteiger partial charge in [0.25, 0.3) is 5.91 Å². The van der Waals surface area contributed by atoms with Crippen LogP contribution < -0.4 is 9.64 Å². The van der Waals surface area contributed by atoms with Crippen LogP contribution in [0.1, 0.15) is 5.76 Å². The molecule has 1 aromatic heterocycles. The van der Waals surface area contributed by atoms with E-state index >= 15 is 0 Å². The van der Waals surface area contributed by atoms with Crippen molar-refractivity contribution in [2.24, 2.45) is 4.99 Å². The van der Waals surface area contributed by atoms with Gasteiger partial charge in [-0.25, -0.2) is 4.99 Å². The summed E-state index contributed by atoms with van der Waals surface area (Å²) in [4.78, 5) is 18.7. The molecule has 1 aliphatic heterocycles. The lowest BCUT2D eigenvalue weighted by Crippen LogP contribution is -2.30. The van der Waals surface area contributed by atoms with E-state index in [-0.39, 0.29) is 18.2 Å². The maximum atomic E-state index is 12.8. The van der Waals surface area contributed by atoms with Crippen molar-refractivity contribution in [1.29, 1.82) is 0 Å². The monoisotopic (exact) mass is 378 g/mol. The summed E-state index contributed by atoms with van der Waals surface area (Å²) in [6.45, 7) is -0.0215. The second-order valence-electron chi connectivity index (χ2n) is 4.97. The Balaban J connectivity index is 1.97. The maximum Gasteiger partial charge on any atom is 0.283 e. The van der Waals surface area contributed by atoms with Gasteiger partial charge >= 0.3 is 0 Å². The van der Waals surface area contributed by atoms with Gasteiger partial charge in [-0.05, 0) is 30.3 Å². The van der Waals surface area contributed by atoms with E-state index in [1.54, 1.807) is 36.4 Å². The summed E-state index contributed by atoms with van der Waals surface area (Å²) in [6, 6.07) is 8.53. The van der Waals surface area contributed by atoms with Crippen LogP contribution in [-0.2, 0) is 4.79 Å². The number of aliphatic hydroxyl groups excluding tert-OH is 1. The lowest BCUT2D eigenvalue weighted by Gasteiger charge is -2.18. The van der Waals surface area contributed by atoms with E-state index in [0.717, 1.165) is 0 Å². The van der Waals surface area contributed by atoms with Crippen LogP contribution in [0.25, 0.3) is 6.08 Å². The van der Waals surface area contributed by atoms with Crippen molar-refractivity contribution in [2.45, 2.75) is 0 Å². The molecular formula is C17H15ClN2O4S. The van der Waals surface area contributed by atoms with E-state index in [9.17, 15) is 4.79 Å². The molecule has 0 unspecified atom stereocenters. The Bertz CT molecular complexity index is 833. The Morgan fingerprint density at radius 3 is 2.92 bits per heavy atom. The number of carbonyl (C=O) groups is 1. The molecule has 1 N–H and O–H groups in total. The van der Waals surface area contributed by atoms with Gasteiger partial charge < -0.3 is 14.3 Å². The average Bonchev–Trinajstić information content (AvgIpc) is 3.22. The van der Waals surface area contributed by atoms with Gasteiger partial charge in [-0.1, -0.05) is 23.4 Å². The molecule has 1 aromatic carbocycles. The van der Waals surface area contributed by atoms with E-state index in [0.29, 0.717) is 33.1 Å². The topological polar surface area (TPSA) is 75.3 Å². The first-order valence-electron chi connectivity index (χ1n) is 7.39. The van der Waals surface area contributed by atoms with Crippen molar-refractivity contribution < 1.29 is 19.1 Å². The van der Waals surface area contributed by atoms with Crippen LogP contribution in [-0.4, -0.2) is 35.7 Å². The summed E-state index contributed by atoms with van der Waals surface area (Å²) in [5, 5.41) is 9.95. The predicted octanol–water partition coefficient (Wildman–Crippen LogP) is 3.41. The van der Waals surface area contributed by atoms with Crippen molar-refractivity contribution >= 4 is 46.2 Å². The zero-order valence-electron chi connectivity index (χ0n) is 13.3. The van der Waals surface area contributed by atoms with Gasteiger partial charge in [0.2, 0.25) is 0 Å². The van der Waals surface area contributed by atoms with Crippen LogP contribution in [0.4, 0.5) is 5.69 Å². The lowest BCUT2D eigenvalue weighted by molar-refractivity contribution is -0.113. The third-order valence-corrected chi connectivity index (χ3v) is 4.58. The van der Waals surface area contributed by atoms with Gasteiger partial charge in [0.05, 0.1) is 30.7 Å². The number of ether oxygens (including phenoxy) is 1. The number of benzene rings is 1. The van der Waals surface area contributed by atoms with Crippen molar-refractivity contribution in [2.75, 3.05) is 24.4 Å². The molecular weight excluding hydrogens is 364 g/mol. The Hall–Kier alpha value is -2.22. The third kappa shape index (κ3) is 3.73. The highest BCUT2D eigenvalue weighted by atomic mass is 35.5. The molecule has 8 heteroatoms. The summed E-state index contributed by atoms with van der Waals surface area (Å²) in [7, 11) is 1.52. The summed E-state index contributed by atoms with van der Waals surface area (Å²) in [5.41, 5.74) is 0.824. The van der Waals surface area contributed by atoms with E-state index in [2.05, 4.69) is 4.99 Å². The van der Waals surface area contributed by atoms with Crippen LogP contribution in [0.3, 0.4) is 0 Å². The fraction of sp³-hybridized carbons (Fsp3) is 0.176. The zero-order chi connectivity index (χ0) is 17.8. The molecule has 0 saturated carbocycles. The van der Waals surface area contributed by atoms with E-state index in [4.69, 9.17) is 25.9 Å². The second-order valence-corrected chi connectivity index (χ2v) is 6.44. The Morgan fingerprint density at radius 2 is 2.28 bits per heavy atom. The number of rotatable bonds is 5. The first kappa shape index (κ1) is 17.6. The number of hydrogen-bond donors (Lipinski definition) is 1. The molecule has 1 aliphatic rings. The molecule has 25 heavy (non-hydrogen) atoms. The number of furan rings is 1. The molecule has 0 radical (unpaired) electrons. The summed E-state index contributed by atoms with van der Waals surface area (Å²) in [5.74, 6) is 1.18. The average molecular weight is 379 g/mol. The van der Waals surface area contributed by atoms with E-state index < -0.39 is 0 Å². The number of carbonyl (C=O) groups excluding carboxylic acids is 1. The molecule has 0 aliphatic carbocycles. The Morgan fingerprint density at radius 1 is 1.44 bits per heavy atom. The van der Waals surface area contributed by atoms with Crippen molar-refractivity contribution in [3.8, 4) is 5.75 Å². The Kier molecular flexibility index (Phi) is 5.47. The fourth-order valence-corrected chi connectivity index (χ4v) is 3.27. The molecule has 0 bridgehead atoms. The van der Waals surface area contributed by atoms with Gasteiger partial charge in [-0.2, -0.15) is 0 Å². The Labute approximate surface area is 153 Å². The fourth-order valence-electron chi connectivity index (χ4n) is 2.26. The first-order chi connectivity index (χ1) is 12.1. The minimum Gasteiger partial charge on any atom is -0.495 e. The van der Waals surface area contributed by atoms with Crippen molar-refractivity contribution in [1.82, 2.24) is 0 Å². The highest BCUT2D eigenvalue weighted by Gasteiger charge is 2.32. The predicted molar refractivity (Wildman–Crippen MR) is 99.2 cm³/mol. The maximum absolute atomic E-state index is 12.8. The molecule has 3 rings (SSSR count). The number of amidine groups is 1. The molecule has 2 aromatic rings. The number of aliphatic hydroxyl groups is 1. The molecule has 0 spiro atoms. The number of methoxy groups -OCH3 is 1. The van der Waals surface area contributed by atoms with E-state index in [1.807, 2.05) is 0 Å². The molecule has 0 atom stereocenters. The standard InChI is InChI=1S/C17H15ClN2O4S/c1-23-15-5-4-11(9-13(15)18)20-16(22)14(10-12-3-2-7-24-12)19-17(20)25-8-6-21/h2-5,7,9-10,21H,6,8H2,1H3/b14-10+. The minimum absolute atomic E-state index is 0.0215. The number of hydrogen-bond acceptors (Lipinski definition) is 6. The van der Waals surface area contributed by atoms with Crippen LogP contribution in [0.5, 0.6) is 5.75 Å². The molecule has 1 amide bonds. The first-order valence-corrected chi connectivity index (χ1v) is 8.76. The van der Waals surface area contributed by atoms with Crippen LogP contribution in [0, 0.1) is 0 Å². The highest BCUT2D eigenvalue weighted by molar-refractivity contribution is 8.14. The second kappa shape index (κ2) is 7.77. The minimum atomic E-state index is -0.293. The van der Waals surface area contributed by atoms with Crippen LogP contribution in [0.15, 0.2) is 51.7 Å². The van der Waals surface area contributed by atoms with Gasteiger partial charge in [0, 0.05) is 11.8 Å². The zero-order valence-corrected chi connectivity index (χ0v) is 14.9. The van der Waals surface area contributed by atoms with Gasteiger partial charge in [0.15, 0.2) is 5.17 Å². The molecule has 0 fully saturated rings. The number of aliphatic imine (C=N–C) groups is 1. The van der Waals surface area contributed by atoms with Crippen LogP contribution >= 0.6 is 23.4 Å². The quantitative estimate of drug-likeness (QED) is 0.807. The third-order valence-electron chi connectivity index (χ3n) is 3.37. The molecule has 130 valence electrons. The number of thioether (sulfide) groups is 1. The van der Waals surface area contributed by atoms with Gasteiger partial charge in [-0.3, -0.25) is 9.69 Å². The largest absolute Gasteiger partial charge is 0.495 e. The highest BCUT2D eigenvalue weighted by Crippen LogP contribution is 2.34. The number of amides is 1. The van der Waals surface area contributed by atoms with Crippen molar-refractivity contribution in [3.05, 3.63) is 53.1 Å². The SMILES string of the molecule is COc1ccc(N2C(=O)/C(=C\c3ccco3)N=C2SCCO)cc1Cl. The normalized spacial score (nSPS) is 15.8. The summed E-state index contributed by atoms with van der Waals surface area (Å²) >= 11 is 7.46. The summed E-state index contributed by atoms with van der Waals surface area (Å²) in [6.07, 6.45) is 3.10. The smallest absolute Gasteiger partial charge is 0.283 e. The number of halogens is 1. The van der Waals surface area contributed by atoms with Crippen LogP contribution in [0.2, 0.25) is 5.02 Å². The van der Waals surface area contributed by atoms with Gasteiger partial charge in [0.1, 0.15) is 17.2 Å².